The molecule has 0 saturated heterocycles. The molecule has 0 bridgehead atoms. The van der Waals surface area contributed by atoms with Gasteiger partial charge in [-0.25, -0.2) is 4.79 Å². The molecule has 0 spiro atoms. The van der Waals surface area contributed by atoms with Gasteiger partial charge in [0.1, 0.15) is 0 Å². The fraction of sp³-hybridized carbons (Fsp3) is 0.200. The first-order valence-electron chi connectivity index (χ1n) is 7.85. The van der Waals surface area contributed by atoms with E-state index in [1.165, 1.54) is 18.7 Å². The number of hydrogen-bond donors (Lipinski definition) is 1. The van der Waals surface area contributed by atoms with Gasteiger partial charge in [0.25, 0.3) is 0 Å². The third kappa shape index (κ3) is 3.23. The van der Waals surface area contributed by atoms with E-state index in [9.17, 15) is 4.79 Å². The van der Waals surface area contributed by atoms with Gasteiger partial charge in [0.15, 0.2) is 0 Å². The van der Waals surface area contributed by atoms with Gasteiger partial charge in [0.2, 0.25) is 0 Å². The number of esters is 1. The highest BCUT2D eigenvalue weighted by molar-refractivity contribution is 6.17. The molecule has 0 atom stereocenters. The lowest BCUT2D eigenvalue weighted by Crippen LogP contribution is -2.07. The summed E-state index contributed by atoms with van der Waals surface area (Å²) in [6.45, 7) is 4.54. The minimum atomic E-state index is -0.388. The molecule has 1 N–H and O–H groups in total. The maximum atomic E-state index is 11.6. The fourth-order valence-electron chi connectivity index (χ4n) is 2.78. The van der Waals surface area contributed by atoms with Gasteiger partial charge < -0.3 is 10.1 Å². The van der Waals surface area contributed by atoms with Crippen molar-refractivity contribution in [2.45, 2.75) is 13.8 Å². The number of ether oxygens (including phenoxy) is 1. The van der Waals surface area contributed by atoms with Crippen molar-refractivity contribution in [1.29, 1.82) is 0 Å². The third-order valence-corrected chi connectivity index (χ3v) is 4.03. The monoisotopic (exact) mass is 320 g/mol. The first kappa shape index (κ1) is 16.0. The summed E-state index contributed by atoms with van der Waals surface area (Å²) >= 11 is 0. The summed E-state index contributed by atoms with van der Waals surface area (Å²) in [4.78, 5) is 16.4. The maximum absolute atomic E-state index is 11.6. The van der Waals surface area contributed by atoms with Gasteiger partial charge in [0, 0.05) is 28.6 Å². The van der Waals surface area contributed by atoms with Crippen molar-refractivity contribution >= 4 is 17.4 Å². The molecule has 24 heavy (non-hydrogen) atoms. The first-order valence-corrected chi connectivity index (χ1v) is 7.85. The number of nitrogens with zero attached hydrogens (tertiary/aromatic N) is 1. The van der Waals surface area contributed by atoms with E-state index in [4.69, 9.17) is 9.73 Å². The normalized spacial score (nSPS) is 15.1. The van der Waals surface area contributed by atoms with E-state index in [1.54, 1.807) is 0 Å². The third-order valence-electron chi connectivity index (χ3n) is 4.03. The lowest BCUT2D eigenvalue weighted by molar-refractivity contribution is -0.134. The number of carbonyl (C=O) groups is 1. The summed E-state index contributed by atoms with van der Waals surface area (Å²) in [5.41, 5.74) is 7.07. The molecule has 0 fully saturated rings. The number of hydrogen-bond acceptors (Lipinski definition) is 4. The van der Waals surface area contributed by atoms with Crippen molar-refractivity contribution in [2.24, 2.45) is 4.99 Å². The van der Waals surface area contributed by atoms with E-state index in [0.29, 0.717) is 6.54 Å². The molecular weight excluding hydrogens is 300 g/mol. The van der Waals surface area contributed by atoms with E-state index in [1.807, 2.05) is 24.3 Å². The number of benzodiazepines with no additional fused rings is 1. The molecule has 2 aromatic rings. The van der Waals surface area contributed by atoms with Gasteiger partial charge in [-0.2, -0.15) is 0 Å². The van der Waals surface area contributed by atoms with Crippen LogP contribution in [0.4, 0.5) is 5.69 Å². The Labute approximate surface area is 141 Å². The van der Waals surface area contributed by atoms with Gasteiger partial charge in [-0.05, 0) is 31.5 Å². The minimum absolute atomic E-state index is 0.388. The quantitative estimate of drug-likeness (QED) is 0.679. The molecule has 122 valence electrons. The number of aliphatic imine (C=N–C) groups is 1. The van der Waals surface area contributed by atoms with Crippen LogP contribution in [0.1, 0.15) is 22.3 Å². The second kappa shape index (κ2) is 6.71. The Morgan fingerprint density at radius 2 is 1.96 bits per heavy atom. The molecule has 0 radical (unpaired) electrons. The Morgan fingerprint density at radius 3 is 2.71 bits per heavy atom. The smallest absolute Gasteiger partial charge is 0.332 e. The van der Waals surface area contributed by atoms with Gasteiger partial charge in [0.05, 0.1) is 19.4 Å². The van der Waals surface area contributed by atoms with Crippen LogP contribution in [0.25, 0.3) is 0 Å². The van der Waals surface area contributed by atoms with E-state index < -0.39 is 0 Å². The van der Waals surface area contributed by atoms with Crippen LogP contribution >= 0.6 is 0 Å². The van der Waals surface area contributed by atoms with E-state index in [-0.39, 0.29) is 5.97 Å². The number of methoxy groups -OCH3 is 1. The largest absolute Gasteiger partial charge is 0.466 e. The predicted octanol–water partition coefficient (Wildman–Crippen LogP) is 3.62. The van der Waals surface area contributed by atoms with Gasteiger partial charge in [-0.1, -0.05) is 35.9 Å². The zero-order chi connectivity index (χ0) is 17.1. The molecular formula is C20H20N2O2. The molecule has 0 unspecified atom stereocenters. The Bertz CT molecular complexity index is 850. The second-order valence-corrected chi connectivity index (χ2v) is 5.85. The average molecular weight is 320 g/mol. The average Bonchev–Trinajstić information content (AvgIpc) is 2.74. The minimum Gasteiger partial charge on any atom is -0.466 e. The van der Waals surface area contributed by atoms with Crippen LogP contribution < -0.4 is 5.32 Å². The van der Waals surface area contributed by atoms with Crippen molar-refractivity contribution < 1.29 is 9.53 Å². The standard InChI is InChI=1S/C20H20N2O2/c1-13-8-9-18-17(10-13)20(16-7-5-4-6-14(16)2)21-12-15(22-18)11-19(23)24-3/h4-11,22H,12H2,1-3H3. The summed E-state index contributed by atoms with van der Waals surface area (Å²) < 4.78 is 4.73. The Morgan fingerprint density at radius 1 is 1.17 bits per heavy atom. The zero-order valence-corrected chi connectivity index (χ0v) is 14.1. The van der Waals surface area contributed by atoms with Crippen molar-refractivity contribution in [2.75, 3.05) is 19.0 Å². The molecule has 0 aliphatic carbocycles. The molecule has 0 amide bonds. The second-order valence-electron chi connectivity index (χ2n) is 5.85. The summed E-state index contributed by atoms with van der Waals surface area (Å²) in [5.74, 6) is -0.388. The van der Waals surface area contributed by atoms with Crippen LogP contribution in [0.5, 0.6) is 0 Å². The van der Waals surface area contributed by atoms with Crippen LogP contribution in [-0.2, 0) is 9.53 Å². The van der Waals surface area contributed by atoms with E-state index in [2.05, 4.69) is 37.4 Å². The van der Waals surface area contributed by atoms with Gasteiger partial charge in [-0.15, -0.1) is 0 Å². The number of anilines is 1. The van der Waals surface area contributed by atoms with Crippen molar-refractivity contribution in [3.63, 3.8) is 0 Å². The molecule has 1 aliphatic heterocycles. The highest BCUT2D eigenvalue weighted by Gasteiger charge is 2.18. The summed E-state index contributed by atoms with van der Waals surface area (Å²) in [6.07, 6.45) is 1.45. The van der Waals surface area contributed by atoms with Crippen LogP contribution in [0, 0.1) is 13.8 Å². The van der Waals surface area contributed by atoms with Crippen LogP contribution in [0.3, 0.4) is 0 Å². The molecule has 2 aromatic carbocycles. The van der Waals surface area contributed by atoms with Gasteiger partial charge >= 0.3 is 5.97 Å². The number of fused-ring (bicyclic) bond motifs is 1. The predicted molar refractivity (Wildman–Crippen MR) is 96.6 cm³/mol. The summed E-state index contributed by atoms with van der Waals surface area (Å²) in [7, 11) is 1.37. The van der Waals surface area contributed by atoms with Gasteiger partial charge in [-0.3, -0.25) is 4.99 Å². The summed E-state index contributed by atoms with van der Waals surface area (Å²) in [6, 6.07) is 14.4. The lowest BCUT2D eigenvalue weighted by Gasteiger charge is -2.13. The van der Waals surface area contributed by atoms with Crippen LogP contribution in [-0.4, -0.2) is 25.3 Å². The van der Waals surface area contributed by atoms with Crippen LogP contribution in [0.15, 0.2) is 59.2 Å². The Hall–Kier alpha value is -2.88. The number of benzene rings is 2. The van der Waals surface area contributed by atoms with E-state index >= 15 is 0 Å². The molecule has 1 heterocycles. The molecule has 0 saturated carbocycles. The Kier molecular flexibility index (Phi) is 4.47. The molecule has 3 rings (SSSR count). The van der Waals surface area contributed by atoms with Crippen LogP contribution in [0.2, 0.25) is 0 Å². The topological polar surface area (TPSA) is 50.7 Å². The molecule has 0 aromatic heterocycles. The van der Waals surface area contributed by atoms with Crippen molar-refractivity contribution in [1.82, 2.24) is 0 Å². The fourth-order valence-corrected chi connectivity index (χ4v) is 2.78. The maximum Gasteiger partial charge on any atom is 0.332 e. The first-order chi connectivity index (χ1) is 11.6. The van der Waals surface area contributed by atoms with Crippen molar-refractivity contribution in [3.8, 4) is 0 Å². The molecule has 4 heteroatoms. The molecule has 4 nitrogen and oxygen atoms in total. The van der Waals surface area contributed by atoms with E-state index in [0.717, 1.165) is 33.8 Å². The lowest BCUT2D eigenvalue weighted by atomic mass is 9.96. The number of nitrogens with one attached hydrogen (secondary N) is 1. The summed E-state index contributed by atoms with van der Waals surface area (Å²) in [5, 5.41) is 3.32. The highest BCUT2D eigenvalue weighted by Crippen LogP contribution is 2.27. The molecule has 1 aliphatic rings. The SMILES string of the molecule is COC(=O)C=C1CN=C(c2ccccc2C)c2cc(C)ccc2N1. The number of aryl methyl sites for hydroxylation is 2. The Balaban J connectivity index is 2.15. The zero-order valence-electron chi connectivity index (χ0n) is 14.1. The number of rotatable bonds is 2. The van der Waals surface area contributed by atoms with Crippen molar-refractivity contribution in [3.05, 3.63) is 76.5 Å². The highest BCUT2D eigenvalue weighted by atomic mass is 16.5. The number of carbonyl (C=O) groups excluding carboxylic acids is 1.